The Morgan fingerprint density at radius 2 is 2.21 bits per heavy atom. The van der Waals surface area contributed by atoms with Gasteiger partial charge < -0.3 is 5.11 Å². The summed E-state index contributed by atoms with van der Waals surface area (Å²) in [6.07, 6.45) is 1.37. The molecule has 0 saturated carbocycles. The lowest BCUT2D eigenvalue weighted by atomic mass is 9.98. The molecular formula is C13H16N2O4. The fourth-order valence-electron chi connectivity index (χ4n) is 2.54. The second kappa shape index (κ2) is 4.97. The molecule has 1 unspecified atom stereocenters. The summed E-state index contributed by atoms with van der Waals surface area (Å²) < 4.78 is 0. The van der Waals surface area contributed by atoms with E-state index in [-0.39, 0.29) is 5.69 Å². The summed E-state index contributed by atoms with van der Waals surface area (Å²) >= 11 is 0. The molecule has 1 atom stereocenters. The monoisotopic (exact) mass is 264 g/mol. The van der Waals surface area contributed by atoms with E-state index in [0.717, 1.165) is 6.42 Å². The van der Waals surface area contributed by atoms with Gasteiger partial charge in [0.15, 0.2) is 0 Å². The number of nitrogens with zero attached hydrogens (tertiary/aromatic N) is 2. The van der Waals surface area contributed by atoms with Crippen LogP contribution in [0.4, 0.5) is 5.69 Å². The van der Waals surface area contributed by atoms with Gasteiger partial charge in [-0.3, -0.25) is 19.8 Å². The van der Waals surface area contributed by atoms with Crippen molar-refractivity contribution in [3.8, 4) is 0 Å². The molecule has 0 amide bonds. The third-order valence-electron chi connectivity index (χ3n) is 3.80. The number of rotatable bonds is 4. The molecule has 1 heterocycles. The van der Waals surface area contributed by atoms with E-state index in [9.17, 15) is 20.0 Å². The van der Waals surface area contributed by atoms with Crippen LogP contribution in [0.5, 0.6) is 0 Å². The van der Waals surface area contributed by atoms with Crippen LogP contribution in [-0.2, 0) is 11.3 Å². The molecule has 0 bridgehead atoms. The zero-order valence-corrected chi connectivity index (χ0v) is 10.7. The molecule has 0 aromatic heterocycles. The summed E-state index contributed by atoms with van der Waals surface area (Å²) in [5, 5.41) is 20.3. The van der Waals surface area contributed by atoms with E-state index in [1.165, 1.54) is 6.07 Å². The molecule has 2 rings (SSSR count). The third kappa shape index (κ3) is 2.44. The van der Waals surface area contributed by atoms with E-state index in [0.29, 0.717) is 25.1 Å². The first-order valence-electron chi connectivity index (χ1n) is 6.16. The zero-order valence-electron chi connectivity index (χ0n) is 10.7. The Labute approximate surface area is 110 Å². The molecule has 1 N–H and O–H groups in total. The van der Waals surface area contributed by atoms with Crippen LogP contribution < -0.4 is 0 Å². The van der Waals surface area contributed by atoms with Gasteiger partial charge in [0.1, 0.15) is 5.54 Å². The lowest BCUT2D eigenvalue weighted by Crippen LogP contribution is -2.47. The van der Waals surface area contributed by atoms with Gasteiger partial charge in [0.2, 0.25) is 0 Å². The normalized spacial score (nSPS) is 23.4. The highest BCUT2D eigenvalue weighted by atomic mass is 16.6. The van der Waals surface area contributed by atoms with Crippen molar-refractivity contribution in [2.75, 3.05) is 6.54 Å². The van der Waals surface area contributed by atoms with Gasteiger partial charge >= 0.3 is 5.97 Å². The van der Waals surface area contributed by atoms with Gasteiger partial charge in [0, 0.05) is 18.2 Å². The smallest absolute Gasteiger partial charge is 0.323 e. The molecule has 1 aliphatic rings. The van der Waals surface area contributed by atoms with E-state index in [4.69, 9.17) is 0 Å². The number of nitro benzene ring substituents is 1. The number of carbonyl (C=O) groups is 1. The van der Waals surface area contributed by atoms with Crippen LogP contribution in [0, 0.1) is 10.1 Å². The van der Waals surface area contributed by atoms with Gasteiger partial charge in [0.05, 0.1) is 4.92 Å². The highest BCUT2D eigenvalue weighted by molar-refractivity contribution is 5.78. The third-order valence-corrected chi connectivity index (χ3v) is 3.80. The maximum Gasteiger partial charge on any atom is 0.323 e. The molecule has 1 fully saturated rings. The highest BCUT2D eigenvalue weighted by Gasteiger charge is 2.43. The van der Waals surface area contributed by atoms with Gasteiger partial charge in [-0.25, -0.2) is 0 Å². The minimum atomic E-state index is -0.927. The van der Waals surface area contributed by atoms with Crippen molar-refractivity contribution in [2.24, 2.45) is 0 Å². The van der Waals surface area contributed by atoms with E-state index in [1.54, 1.807) is 30.0 Å². The van der Waals surface area contributed by atoms with Crippen LogP contribution in [0.25, 0.3) is 0 Å². The number of hydrogen-bond donors (Lipinski definition) is 1. The summed E-state index contributed by atoms with van der Waals surface area (Å²) in [7, 11) is 0. The molecule has 1 aromatic rings. The predicted octanol–water partition coefficient (Wildman–Crippen LogP) is 2.03. The van der Waals surface area contributed by atoms with Gasteiger partial charge in [0.25, 0.3) is 5.69 Å². The molecule has 1 aromatic carbocycles. The first-order chi connectivity index (χ1) is 8.95. The topological polar surface area (TPSA) is 83.7 Å². The Morgan fingerprint density at radius 3 is 2.84 bits per heavy atom. The molecule has 1 aliphatic heterocycles. The lowest BCUT2D eigenvalue weighted by molar-refractivity contribution is -0.385. The Bertz CT molecular complexity index is 517. The number of hydrogen-bond acceptors (Lipinski definition) is 4. The fraction of sp³-hybridized carbons (Fsp3) is 0.462. The van der Waals surface area contributed by atoms with Gasteiger partial charge in [-0.05, 0) is 26.3 Å². The van der Waals surface area contributed by atoms with Gasteiger partial charge in [-0.2, -0.15) is 0 Å². The van der Waals surface area contributed by atoms with Gasteiger partial charge in [-0.1, -0.05) is 18.2 Å². The Morgan fingerprint density at radius 1 is 1.53 bits per heavy atom. The number of nitro groups is 1. The van der Waals surface area contributed by atoms with Crippen molar-refractivity contribution in [3.05, 3.63) is 39.9 Å². The molecule has 19 heavy (non-hydrogen) atoms. The summed E-state index contributed by atoms with van der Waals surface area (Å²) in [6, 6.07) is 6.47. The molecule has 0 spiro atoms. The van der Waals surface area contributed by atoms with Crippen molar-refractivity contribution in [2.45, 2.75) is 31.8 Å². The number of benzene rings is 1. The van der Waals surface area contributed by atoms with Crippen LogP contribution in [0.3, 0.4) is 0 Å². The summed E-state index contributed by atoms with van der Waals surface area (Å²) in [5.74, 6) is -0.872. The maximum absolute atomic E-state index is 11.4. The SMILES string of the molecule is CC1(C(=O)O)CCCN1Cc1ccccc1[N+](=O)[O-]. The van der Waals surface area contributed by atoms with Crippen LogP contribution >= 0.6 is 0 Å². The van der Waals surface area contributed by atoms with Crippen molar-refractivity contribution in [3.63, 3.8) is 0 Å². The van der Waals surface area contributed by atoms with Crippen LogP contribution in [0.1, 0.15) is 25.3 Å². The van der Waals surface area contributed by atoms with E-state index >= 15 is 0 Å². The van der Waals surface area contributed by atoms with Crippen molar-refractivity contribution >= 4 is 11.7 Å². The standard InChI is InChI=1S/C13H16N2O4/c1-13(12(16)17)7-4-8-14(13)9-10-5-2-3-6-11(10)15(18)19/h2-3,5-6H,4,7-9H2,1H3,(H,16,17). The lowest BCUT2D eigenvalue weighted by Gasteiger charge is -2.30. The average Bonchev–Trinajstić information content (AvgIpc) is 2.73. The van der Waals surface area contributed by atoms with Crippen molar-refractivity contribution in [1.29, 1.82) is 0 Å². The second-order valence-electron chi connectivity index (χ2n) is 4.99. The molecule has 0 radical (unpaired) electrons. The minimum absolute atomic E-state index is 0.0436. The number of para-hydroxylation sites is 1. The van der Waals surface area contributed by atoms with E-state index in [2.05, 4.69) is 0 Å². The summed E-state index contributed by atoms with van der Waals surface area (Å²) in [6.45, 7) is 2.62. The quantitative estimate of drug-likeness (QED) is 0.664. The molecule has 6 nitrogen and oxygen atoms in total. The fourth-order valence-corrected chi connectivity index (χ4v) is 2.54. The molecule has 0 aliphatic carbocycles. The number of aliphatic carboxylic acids is 1. The average molecular weight is 264 g/mol. The Hall–Kier alpha value is -1.95. The first kappa shape index (κ1) is 13.5. The molecule has 1 saturated heterocycles. The molecule has 6 heteroatoms. The summed E-state index contributed by atoms with van der Waals surface area (Å²) in [4.78, 5) is 23.7. The van der Waals surface area contributed by atoms with Crippen molar-refractivity contribution in [1.82, 2.24) is 4.90 Å². The number of carboxylic acids is 1. The van der Waals surface area contributed by atoms with Crippen molar-refractivity contribution < 1.29 is 14.8 Å². The van der Waals surface area contributed by atoms with E-state index in [1.807, 2.05) is 0 Å². The number of likely N-dealkylation sites (tertiary alicyclic amines) is 1. The Kier molecular flexibility index (Phi) is 3.53. The first-order valence-corrected chi connectivity index (χ1v) is 6.16. The number of carboxylic acid groups (broad SMARTS) is 1. The van der Waals surface area contributed by atoms with Crippen LogP contribution in [0.15, 0.2) is 24.3 Å². The predicted molar refractivity (Wildman–Crippen MR) is 68.8 cm³/mol. The minimum Gasteiger partial charge on any atom is -0.480 e. The maximum atomic E-state index is 11.4. The van der Waals surface area contributed by atoms with E-state index < -0.39 is 16.4 Å². The molecule has 102 valence electrons. The largest absolute Gasteiger partial charge is 0.480 e. The Balaban J connectivity index is 2.27. The highest BCUT2D eigenvalue weighted by Crippen LogP contribution is 2.32. The van der Waals surface area contributed by atoms with Gasteiger partial charge in [-0.15, -0.1) is 0 Å². The van der Waals surface area contributed by atoms with Crippen LogP contribution in [-0.4, -0.2) is 33.0 Å². The second-order valence-corrected chi connectivity index (χ2v) is 4.99. The summed E-state index contributed by atoms with van der Waals surface area (Å²) in [5.41, 5.74) is -0.326. The molecular weight excluding hydrogens is 248 g/mol. The van der Waals surface area contributed by atoms with Crippen LogP contribution in [0.2, 0.25) is 0 Å². The zero-order chi connectivity index (χ0) is 14.0.